The molecule has 0 atom stereocenters. The quantitative estimate of drug-likeness (QED) is 0.643. The van der Waals surface area contributed by atoms with Crippen molar-refractivity contribution in [3.63, 3.8) is 0 Å². The fourth-order valence-corrected chi connectivity index (χ4v) is 1.95. The molecule has 7 nitrogen and oxygen atoms in total. The third-order valence-corrected chi connectivity index (χ3v) is 3.24. The van der Waals surface area contributed by atoms with Crippen LogP contribution in [0.4, 0.5) is 4.79 Å². The highest BCUT2D eigenvalue weighted by Gasteiger charge is 2.13. The molecule has 22 heavy (non-hydrogen) atoms. The van der Waals surface area contributed by atoms with E-state index in [9.17, 15) is 9.59 Å². The van der Waals surface area contributed by atoms with Crippen molar-refractivity contribution in [3.05, 3.63) is 46.5 Å². The number of ether oxygens (including phenoxy) is 1. The predicted octanol–water partition coefficient (Wildman–Crippen LogP) is 1.27. The molecule has 0 fully saturated rings. The van der Waals surface area contributed by atoms with E-state index in [1.54, 1.807) is 6.92 Å². The van der Waals surface area contributed by atoms with Crippen LogP contribution in [-0.2, 0) is 4.74 Å². The lowest BCUT2D eigenvalue weighted by atomic mass is 10.2. The molecule has 0 radical (unpaired) electrons. The van der Waals surface area contributed by atoms with Gasteiger partial charge in [0.1, 0.15) is 4.88 Å². The second-order valence-electron chi connectivity index (χ2n) is 4.01. The first-order valence-electron chi connectivity index (χ1n) is 6.23. The Bertz CT molecular complexity index is 718. The lowest BCUT2D eigenvalue weighted by Gasteiger charge is -2.05. The molecule has 112 valence electrons. The minimum atomic E-state index is -0.800. The molecule has 0 aliphatic rings. The Morgan fingerprint density at radius 3 is 2.73 bits per heavy atom. The van der Waals surface area contributed by atoms with Gasteiger partial charge in [0.15, 0.2) is 6.61 Å². The van der Waals surface area contributed by atoms with Gasteiger partial charge in [-0.05, 0) is 30.6 Å². The molecule has 8 heteroatoms. The molecule has 1 aromatic heterocycles. The summed E-state index contributed by atoms with van der Waals surface area (Å²) in [6, 6.07) is 9.31. The summed E-state index contributed by atoms with van der Waals surface area (Å²) in [5.41, 5.74) is 5.64. The van der Waals surface area contributed by atoms with Crippen molar-refractivity contribution >= 4 is 23.5 Å². The fraction of sp³-hybridized carbons (Fsp3) is 0.143. The van der Waals surface area contributed by atoms with E-state index in [4.69, 9.17) is 4.74 Å². The summed E-state index contributed by atoms with van der Waals surface area (Å²) in [7, 11) is 0. The molecule has 2 rings (SSSR count). The van der Waals surface area contributed by atoms with Crippen LogP contribution in [0.25, 0.3) is 0 Å². The molecule has 0 aliphatic carbocycles. The number of nitrogens with zero attached hydrogens (tertiary/aromatic N) is 2. The Morgan fingerprint density at radius 1 is 1.27 bits per heavy atom. The lowest BCUT2D eigenvalue weighted by molar-refractivity contribution is 0.0919. The zero-order valence-corrected chi connectivity index (χ0v) is 12.4. The maximum Gasteiger partial charge on any atom is 0.427 e. The Morgan fingerprint density at radius 2 is 2.05 bits per heavy atom. The number of benzene rings is 1. The van der Waals surface area contributed by atoms with Gasteiger partial charge in [-0.1, -0.05) is 34.5 Å². The molecule has 2 N–H and O–H groups in total. The number of carbonyl (C=O) groups excluding carboxylic acids is 2. The van der Waals surface area contributed by atoms with Crippen LogP contribution >= 0.6 is 11.5 Å². The van der Waals surface area contributed by atoms with E-state index in [1.807, 2.05) is 30.3 Å². The molecular weight excluding hydrogens is 304 g/mol. The largest absolute Gasteiger partial charge is 0.435 e. The van der Waals surface area contributed by atoms with Crippen molar-refractivity contribution in [2.24, 2.45) is 0 Å². The van der Waals surface area contributed by atoms with Crippen molar-refractivity contribution in [2.45, 2.75) is 6.92 Å². The summed E-state index contributed by atoms with van der Waals surface area (Å²) in [4.78, 5) is 23.4. The Kier molecular flexibility index (Phi) is 5.45. The van der Waals surface area contributed by atoms with Gasteiger partial charge in [0, 0.05) is 5.56 Å². The van der Waals surface area contributed by atoms with Crippen LogP contribution in [-0.4, -0.2) is 28.2 Å². The monoisotopic (exact) mass is 316 g/mol. The van der Waals surface area contributed by atoms with Gasteiger partial charge < -0.3 is 4.74 Å². The van der Waals surface area contributed by atoms with Gasteiger partial charge in [-0.3, -0.25) is 10.2 Å². The predicted molar refractivity (Wildman–Crippen MR) is 79.9 cm³/mol. The van der Waals surface area contributed by atoms with Crippen molar-refractivity contribution in [1.29, 1.82) is 0 Å². The molecule has 2 amide bonds. The topological polar surface area (TPSA) is 93.2 Å². The Labute approximate surface area is 130 Å². The SMILES string of the molecule is Cc1nnsc1C(=O)NNC(=O)OCC#Cc1ccccc1. The van der Waals surface area contributed by atoms with Crippen LogP contribution in [0.2, 0.25) is 0 Å². The Balaban J connectivity index is 1.72. The van der Waals surface area contributed by atoms with Gasteiger partial charge in [-0.25, -0.2) is 10.2 Å². The number of nitrogens with one attached hydrogen (secondary N) is 2. The van der Waals surface area contributed by atoms with Crippen LogP contribution in [0.5, 0.6) is 0 Å². The zero-order valence-electron chi connectivity index (χ0n) is 11.6. The number of aromatic nitrogens is 2. The smallest absolute Gasteiger partial charge is 0.427 e. The second-order valence-corrected chi connectivity index (χ2v) is 4.76. The highest BCUT2D eigenvalue weighted by molar-refractivity contribution is 7.07. The summed E-state index contributed by atoms with van der Waals surface area (Å²) in [5, 5.41) is 3.70. The van der Waals surface area contributed by atoms with Crippen LogP contribution < -0.4 is 10.9 Å². The number of hydrogen-bond acceptors (Lipinski definition) is 6. The molecule has 0 saturated carbocycles. The molecule has 0 spiro atoms. The first-order chi connectivity index (χ1) is 10.7. The van der Waals surface area contributed by atoms with E-state index < -0.39 is 12.0 Å². The summed E-state index contributed by atoms with van der Waals surface area (Å²) >= 11 is 0.941. The maximum atomic E-state index is 11.7. The fourth-order valence-electron chi connectivity index (χ4n) is 1.40. The standard InChI is InChI=1S/C14H12N4O3S/c1-10-12(22-18-15-10)13(19)16-17-14(20)21-9-5-8-11-6-3-2-4-7-11/h2-4,6-7H,9H2,1H3,(H,16,19)(H,17,20). The highest BCUT2D eigenvalue weighted by Crippen LogP contribution is 2.07. The summed E-state index contributed by atoms with van der Waals surface area (Å²) in [6.07, 6.45) is -0.800. The summed E-state index contributed by atoms with van der Waals surface area (Å²) in [6.45, 7) is 1.56. The van der Waals surface area contributed by atoms with Gasteiger partial charge >= 0.3 is 6.09 Å². The van der Waals surface area contributed by atoms with Gasteiger partial charge in [0.25, 0.3) is 5.91 Å². The van der Waals surface area contributed by atoms with E-state index in [1.165, 1.54) is 0 Å². The molecule has 1 aromatic carbocycles. The first kappa shape index (κ1) is 15.5. The molecular formula is C14H12N4O3S. The van der Waals surface area contributed by atoms with E-state index in [0.29, 0.717) is 10.6 Å². The molecule has 0 aliphatic heterocycles. The average Bonchev–Trinajstić information content (AvgIpc) is 2.96. The van der Waals surface area contributed by atoms with Crippen molar-refractivity contribution in [2.75, 3.05) is 6.61 Å². The van der Waals surface area contributed by atoms with E-state index in [0.717, 1.165) is 17.1 Å². The van der Waals surface area contributed by atoms with Gasteiger partial charge in [-0.2, -0.15) is 0 Å². The highest BCUT2D eigenvalue weighted by atomic mass is 32.1. The third-order valence-electron chi connectivity index (χ3n) is 2.42. The number of hydrogen-bond donors (Lipinski definition) is 2. The van der Waals surface area contributed by atoms with Gasteiger partial charge in [0.2, 0.25) is 0 Å². The first-order valence-corrected chi connectivity index (χ1v) is 7.00. The molecule has 0 saturated heterocycles. The van der Waals surface area contributed by atoms with E-state index in [-0.39, 0.29) is 6.61 Å². The van der Waals surface area contributed by atoms with Gasteiger partial charge in [-0.15, -0.1) is 5.10 Å². The van der Waals surface area contributed by atoms with Crippen molar-refractivity contribution in [3.8, 4) is 11.8 Å². The molecule has 2 aromatic rings. The zero-order chi connectivity index (χ0) is 15.8. The maximum absolute atomic E-state index is 11.7. The average molecular weight is 316 g/mol. The van der Waals surface area contributed by atoms with E-state index in [2.05, 4.69) is 32.3 Å². The second kappa shape index (κ2) is 7.75. The van der Waals surface area contributed by atoms with Crippen LogP contribution in [0.1, 0.15) is 20.9 Å². The lowest BCUT2D eigenvalue weighted by Crippen LogP contribution is -2.41. The van der Waals surface area contributed by atoms with Crippen LogP contribution in [0, 0.1) is 18.8 Å². The normalized spacial score (nSPS) is 9.32. The number of amides is 2. The third kappa shape index (κ3) is 4.57. The van der Waals surface area contributed by atoms with Crippen molar-refractivity contribution in [1.82, 2.24) is 20.4 Å². The van der Waals surface area contributed by atoms with Gasteiger partial charge in [0.05, 0.1) is 5.69 Å². The minimum Gasteiger partial charge on any atom is -0.435 e. The number of carbonyl (C=O) groups is 2. The number of hydrazine groups is 1. The summed E-state index contributed by atoms with van der Waals surface area (Å²) in [5.74, 6) is 5.03. The molecule has 0 bridgehead atoms. The molecule has 1 heterocycles. The van der Waals surface area contributed by atoms with Crippen LogP contribution in [0.15, 0.2) is 30.3 Å². The van der Waals surface area contributed by atoms with Crippen LogP contribution in [0.3, 0.4) is 0 Å². The molecule has 0 unspecified atom stereocenters. The number of aryl methyl sites for hydroxylation is 1. The van der Waals surface area contributed by atoms with E-state index >= 15 is 0 Å². The minimum absolute atomic E-state index is 0.0856. The Hall–Kier alpha value is -2.92. The number of rotatable bonds is 2. The summed E-state index contributed by atoms with van der Waals surface area (Å²) < 4.78 is 8.42. The van der Waals surface area contributed by atoms with Crippen molar-refractivity contribution < 1.29 is 14.3 Å².